The van der Waals surface area contributed by atoms with E-state index in [1.54, 1.807) is 6.08 Å². The molecule has 3 rings (SSSR count). The van der Waals surface area contributed by atoms with Crippen molar-refractivity contribution >= 4 is 6.09 Å². The van der Waals surface area contributed by atoms with Gasteiger partial charge in [-0.1, -0.05) is 148 Å². The van der Waals surface area contributed by atoms with Gasteiger partial charge in [-0.25, -0.2) is 4.79 Å². The largest absolute Gasteiger partial charge is 0.444 e. The topological polar surface area (TPSA) is 61.8 Å². The molecule has 0 spiro atoms. The van der Waals surface area contributed by atoms with E-state index in [1.807, 2.05) is 107 Å². The maximum absolute atomic E-state index is 11.7. The highest BCUT2D eigenvalue weighted by Gasteiger charge is 2.17. The Bertz CT molecular complexity index is 1160. The van der Waals surface area contributed by atoms with Gasteiger partial charge in [0.25, 0.3) is 0 Å². The second-order valence-electron chi connectivity index (χ2n) is 11.3. The van der Waals surface area contributed by atoms with Gasteiger partial charge in [0.05, 0.1) is 6.10 Å². The number of hydrogen-bond donors (Lipinski definition) is 2. The van der Waals surface area contributed by atoms with Gasteiger partial charge >= 0.3 is 6.09 Å². The van der Waals surface area contributed by atoms with Crippen LogP contribution < -0.4 is 5.32 Å². The Labute approximate surface area is 275 Å². The zero-order valence-electron chi connectivity index (χ0n) is 27.0. The van der Waals surface area contributed by atoms with E-state index in [-0.39, 0.29) is 14.9 Å². The fourth-order valence-corrected chi connectivity index (χ4v) is 3.95. The second kappa shape index (κ2) is 25.4. The number of aliphatic hydroxyl groups excluding tert-OH is 1. The van der Waals surface area contributed by atoms with E-state index in [1.165, 1.54) is 22.3 Å². The SMILES string of the molecule is C.C.C=C/C=C(C)\C=C/C.CC(C)(C)OC(=O)NCCC(O)CN(Cc1ccccc1)Cc1ccccc1.Cc1ccccc1. The maximum Gasteiger partial charge on any atom is 0.407 e. The van der Waals surface area contributed by atoms with Gasteiger partial charge in [0.2, 0.25) is 0 Å². The number of aryl methyl sites for hydroxylation is 1. The first-order chi connectivity index (χ1) is 20.5. The van der Waals surface area contributed by atoms with Crippen molar-refractivity contribution in [3.63, 3.8) is 0 Å². The molecule has 2 N–H and O–H groups in total. The standard InChI is InChI=1S/C23H32N2O3.C8H12.C7H8.2CH4/c1-23(2,3)28-22(27)24-15-14-21(26)18-25(16-19-10-6-4-7-11-19)17-20-12-8-5-9-13-20;1-4-6-8(3)7-5-2;1-7-5-3-2-4-6-7;;/h4-13,21,26H,14-18H2,1-3H3,(H,24,27);4-7H,1H2,2-3H3;2-6H,1H3;2*1H4/b;7-5-,8-6-;;;. The Balaban J connectivity index is 0. The Morgan fingerprint density at radius 2 is 1.38 bits per heavy atom. The zero-order valence-corrected chi connectivity index (χ0v) is 27.0. The summed E-state index contributed by atoms with van der Waals surface area (Å²) in [6.45, 7) is 17.6. The van der Waals surface area contributed by atoms with Crippen LogP contribution in [-0.4, -0.2) is 40.9 Å². The molecule has 1 unspecified atom stereocenters. The molecule has 0 aliphatic rings. The monoisotopic (exact) mass is 616 g/mol. The summed E-state index contributed by atoms with van der Waals surface area (Å²) < 4.78 is 5.22. The minimum Gasteiger partial charge on any atom is -0.444 e. The summed E-state index contributed by atoms with van der Waals surface area (Å²) in [4.78, 5) is 13.9. The van der Waals surface area contributed by atoms with Gasteiger partial charge in [-0.05, 0) is 59.1 Å². The predicted molar refractivity (Wildman–Crippen MR) is 195 cm³/mol. The lowest BCUT2D eigenvalue weighted by Crippen LogP contribution is -2.36. The Morgan fingerprint density at radius 3 is 1.76 bits per heavy atom. The normalized spacial score (nSPS) is 11.4. The number of amides is 1. The lowest BCUT2D eigenvalue weighted by molar-refractivity contribution is 0.0509. The van der Waals surface area contributed by atoms with Crippen molar-refractivity contribution in [3.8, 4) is 0 Å². The number of benzene rings is 3. The van der Waals surface area contributed by atoms with E-state index in [0.29, 0.717) is 19.5 Å². The molecule has 0 aliphatic carbocycles. The number of rotatable bonds is 11. The van der Waals surface area contributed by atoms with Crippen molar-refractivity contribution in [2.24, 2.45) is 0 Å². The lowest BCUT2D eigenvalue weighted by Gasteiger charge is -2.26. The lowest BCUT2D eigenvalue weighted by atomic mass is 10.1. The van der Waals surface area contributed by atoms with E-state index in [4.69, 9.17) is 4.74 Å². The first-order valence-electron chi connectivity index (χ1n) is 14.9. The van der Waals surface area contributed by atoms with Crippen molar-refractivity contribution in [1.82, 2.24) is 10.2 Å². The fraction of sp³-hybridized carbons (Fsp3) is 0.375. The summed E-state index contributed by atoms with van der Waals surface area (Å²) in [5.74, 6) is 0. The van der Waals surface area contributed by atoms with E-state index in [0.717, 1.165) is 13.1 Å². The van der Waals surface area contributed by atoms with Crippen LogP contribution in [0.4, 0.5) is 4.79 Å². The van der Waals surface area contributed by atoms with Gasteiger partial charge in [-0.2, -0.15) is 0 Å². The predicted octanol–water partition coefficient (Wildman–Crippen LogP) is 9.93. The molecule has 0 aromatic heterocycles. The minimum atomic E-state index is -0.539. The summed E-state index contributed by atoms with van der Waals surface area (Å²) >= 11 is 0. The van der Waals surface area contributed by atoms with E-state index in [2.05, 4.69) is 60.1 Å². The van der Waals surface area contributed by atoms with Crippen LogP contribution in [0.3, 0.4) is 0 Å². The Morgan fingerprint density at radius 1 is 0.911 bits per heavy atom. The smallest absolute Gasteiger partial charge is 0.407 e. The van der Waals surface area contributed by atoms with E-state index >= 15 is 0 Å². The van der Waals surface area contributed by atoms with Crippen LogP contribution in [0, 0.1) is 6.92 Å². The quantitative estimate of drug-likeness (QED) is 0.211. The maximum atomic E-state index is 11.7. The molecule has 1 amide bonds. The fourth-order valence-electron chi connectivity index (χ4n) is 3.95. The molecule has 3 aromatic carbocycles. The number of carbonyl (C=O) groups is 1. The number of ether oxygens (including phenoxy) is 1. The molecule has 0 heterocycles. The van der Waals surface area contributed by atoms with Gasteiger partial charge in [0.15, 0.2) is 0 Å². The van der Waals surface area contributed by atoms with Crippen molar-refractivity contribution in [2.45, 2.75) is 87.6 Å². The third-order valence-corrected chi connectivity index (χ3v) is 5.86. The zero-order chi connectivity index (χ0) is 31.9. The van der Waals surface area contributed by atoms with Crippen LogP contribution in [0.1, 0.15) is 72.6 Å². The minimum absolute atomic E-state index is 0. The number of aliphatic hydroxyl groups is 1. The Hall–Kier alpha value is -3.93. The third kappa shape index (κ3) is 24.1. The van der Waals surface area contributed by atoms with E-state index < -0.39 is 17.8 Å². The second-order valence-corrected chi connectivity index (χ2v) is 11.3. The van der Waals surface area contributed by atoms with Crippen molar-refractivity contribution in [3.05, 3.63) is 144 Å². The third-order valence-electron chi connectivity index (χ3n) is 5.86. The number of nitrogens with one attached hydrogen (secondary N) is 1. The van der Waals surface area contributed by atoms with Crippen LogP contribution in [0.15, 0.2) is 127 Å². The molecule has 0 radical (unpaired) electrons. The molecule has 0 saturated carbocycles. The van der Waals surface area contributed by atoms with Gasteiger partial charge < -0.3 is 15.2 Å². The van der Waals surface area contributed by atoms with Crippen LogP contribution >= 0.6 is 0 Å². The van der Waals surface area contributed by atoms with Gasteiger partial charge in [-0.3, -0.25) is 4.90 Å². The molecule has 45 heavy (non-hydrogen) atoms. The molecule has 0 saturated heterocycles. The molecule has 5 nitrogen and oxygen atoms in total. The van der Waals surface area contributed by atoms with Crippen molar-refractivity contribution < 1.29 is 14.6 Å². The summed E-state index contributed by atoms with van der Waals surface area (Å²) in [5, 5.41) is 13.2. The average molecular weight is 617 g/mol. The Kier molecular flexibility index (Phi) is 24.4. The number of hydrogen-bond acceptors (Lipinski definition) is 4. The molecular weight excluding hydrogens is 556 g/mol. The molecule has 248 valence electrons. The van der Waals surface area contributed by atoms with Crippen LogP contribution in [0.25, 0.3) is 0 Å². The summed E-state index contributed by atoms with van der Waals surface area (Å²) in [7, 11) is 0. The number of nitrogens with zero attached hydrogens (tertiary/aromatic N) is 1. The van der Waals surface area contributed by atoms with E-state index in [9.17, 15) is 9.90 Å². The number of carbonyl (C=O) groups excluding carboxylic acids is 1. The van der Waals surface area contributed by atoms with Gasteiger partial charge in [0, 0.05) is 26.2 Å². The molecule has 0 bridgehead atoms. The molecule has 0 aliphatic heterocycles. The summed E-state index contributed by atoms with van der Waals surface area (Å²) in [6.07, 6.45) is 7.29. The molecule has 1 atom stereocenters. The van der Waals surface area contributed by atoms with Crippen molar-refractivity contribution in [2.75, 3.05) is 13.1 Å². The number of alkyl carbamates (subject to hydrolysis) is 1. The van der Waals surface area contributed by atoms with Crippen LogP contribution in [0.2, 0.25) is 0 Å². The molecular formula is C40H60N2O3. The number of allylic oxidation sites excluding steroid dienone is 5. The molecule has 3 aromatic rings. The highest BCUT2D eigenvalue weighted by molar-refractivity contribution is 5.67. The highest BCUT2D eigenvalue weighted by atomic mass is 16.6. The van der Waals surface area contributed by atoms with Gasteiger partial charge in [0.1, 0.15) is 5.60 Å². The molecule has 5 heteroatoms. The van der Waals surface area contributed by atoms with Crippen LogP contribution in [-0.2, 0) is 17.8 Å². The summed E-state index contributed by atoms with van der Waals surface area (Å²) in [5.41, 5.74) is 4.45. The first-order valence-corrected chi connectivity index (χ1v) is 14.9. The highest BCUT2D eigenvalue weighted by Crippen LogP contribution is 2.12. The average Bonchev–Trinajstić information content (AvgIpc) is 2.95. The summed E-state index contributed by atoms with van der Waals surface area (Å²) in [6, 6.07) is 30.7. The van der Waals surface area contributed by atoms with Gasteiger partial charge in [-0.15, -0.1) is 0 Å². The van der Waals surface area contributed by atoms with Crippen molar-refractivity contribution in [1.29, 1.82) is 0 Å². The van der Waals surface area contributed by atoms with Crippen LogP contribution in [0.5, 0.6) is 0 Å². The molecule has 0 fully saturated rings. The first kappa shape index (κ1) is 43.2.